The molecular weight excluding hydrogens is 380 g/mol. The fourth-order valence-electron chi connectivity index (χ4n) is 4.27. The smallest absolute Gasteiger partial charge is 0.329 e. The van der Waals surface area contributed by atoms with Crippen LogP contribution >= 0.6 is 0 Å². The summed E-state index contributed by atoms with van der Waals surface area (Å²) in [5, 5.41) is 2.30. The van der Waals surface area contributed by atoms with Crippen LogP contribution in [0, 0.1) is 0 Å². The zero-order valence-corrected chi connectivity index (χ0v) is 16.2. The van der Waals surface area contributed by atoms with Crippen LogP contribution in [0.4, 0.5) is 0 Å². The molecule has 0 saturated carbocycles. The van der Waals surface area contributed by atoms with E-state index in [9.17, 15) is 14.4 Å². The number of piperidine rings is 1. The molecule has 7 nitrogen and oxygen atoms in total. The van der Waals surface area contributed by atoms with Gasteiger partial charge in [-0.3, -0.25) is 19.1 Å². The van der Waals surface area contributed by atoms with Gasteiger partial charge in [0.15, 0.2) is 0 Å². The third-order valence-electron chi connectivity index (χ3n) is 5.83. The second kappa shape index (κ2) is 7.26. The Hall–Kier alpha value is -3.74. The molecule has 1 aliphatic rings. The molecule has 4 aromatic rings. The highest BCUT2D eigenvalue weighted by Crippen LogP contribution is 2.24. The number of rotatable bonds is 2. The Morgan fingerprint density at radius 3 is 2.43 bits per heavy atom. The van der Waals surface area contributed by atoms with E-state index in [0.29, 0.717) is 42.5 Å². The SMILES string of the molecule is O=C(c1nccc2ccccc12)N1CCC(n2c(=O)[nH]c3ccccc3c2=O)CC1. The Bertz CT molecular complexity index is 1380. The first-order chi connectivity index (χ1) is 14.6. The van der Waals surface area contributed by atoms with Gasteiger partial charge in [-0.2, -0.15) is 0 Å². The number of fused-ring (bicyclic) bond motifs is 2. The largest absolute Gasteiger partial charge is 0.337 e. The molecule has 7 heteroatoms. The quantitative estimate of drug-likeness (QED) is 0.560. The molecule has 0 aliphatic carbocycles. The molecule has 2 aromatic heterocycles. The van der Waals surface area contributed by atoms with Crippen LogP contribution in [0.5, 0.6) is 0 Å². The van der Waals surface area contributed by atoms with Gasteiger partial charge in [0.05, 0.1) is 10.9 Å². The number of para-hydroxylation sites is 1. The number of benzene rings is 2. The molecule has 1 fully saturated rings. The summed E-state index contributed by atoms with van der Waals surface area (Å²) in [7, 11) is 0. The van der Waals surface area contributed by atoms with Crippen LogP contribution in [0.15, 0.2) is 70.4 Å². The van der Waals surface area contributed by atoms with E-state index in [1.165, 1.54) is 4.57 Å². The maximum Gasteiger partial charge on any atom is 0.329 e. The number of carbonyl (C=O) groups is 1. The van der Waals surface area contributed by atoms with E-state index >= 15 is 0 Å². The second-order valence-electron chi connectivity index (χ2n) is 7.55. The summed E-state index contributed by atoms with van der Waals surface area (Å²) in [5.74, 6) is -0.120. The molecule has 0 radical (unpaired) electrons. The summed E-state index contributed by atoms with van der Waals surface area (Å²) < 4.78 is 1.31. The van der Waals surface area contributed by atoms with Gasteiger partial charge in [-0.1, -0.05) is 36.4 Å². The molecule has 3 heterocycles. The van der Waals surface area contributed by atoms with Crippen LogP contribution in [0.3, 0.4) is 0 Å². The van der Waals surface area contributed by atoms with Crippen LogP contribution < -0.4 is 11.2 Å². The summed E-state index contributed by atoms with van der Waals surface area (Å²) in [4.78, 5) is 47.4. The Labute approximate surface area is 171 Å². The van der Waals surface area contributed by atoms with Gasteiger partial charge in [-0.05, 0) is 36.4 Å². The highest BCUT2D eigenvalue weighted by Gasteiger charge is 2.28. The van der Waals surface area contributed by atoms with E-state index in [-0.39, 0.29) is 17.5 Å². The minimum Gasteiger partial charge on any atom is -0.337 e. The van der Waals surface area contributed by atoms with Gasteiger partial charge < -0.3 is 9.88 Å². The van der Waals surface area contributed by atoms with Crippen molar-refractivity contribution in [1.29, 1.82) is 0 Å². The van der Waals surface area contributed by atoms with E-state index in [4.69, 9.17) is 0 Å². The van der Waals surface area contributed by atoms with Gasteiger partial charge in [-0.15, -0.1) is 0 Å². The van der Waals surface area contributed by atoms with Crippen molar-refractivity contribution >= 4 is 27.6 Å². The van der Waals surface area contributed by atoms with E-state index in [0.717, 1.165) is 10.8 Å². The monoisotopic (exact) mass is 400 g/mol. The number of carbonyl (C=O) groups excluding carboxylic acids is 1. The lowest BCUT2D eigenvalue weighted by molar-refractivity contribution is 0.0688. The number of nitrogens with zero attached hydrogens (tertiary/aromatic N) is 3. The maximum absolute atomic E-state index is 13.1. The van der Waals surface area contributed by atoms with Crippen molar-refractivity contribution in [3.05, 3.63) is 87.3 Å². The van der Waals surface area contributed by atoms with Crippen molar-refractivity contribution in [3.8, 4) is 0 Å². The van der Waals surface area contributed by atoms with E-state index in [2.05, 4.69) is 9.97 Å². The molecule has 0 unspecified atom stereocenters. The number of aromatic nitrogens is 3. The van der Waals surface area contributed by atoms with Gasteiger partial charge in [0.2, 0.25) is 0 Å². The summed E-state index contributed by atoms with van der Waals surface area (Å²) in [6.07, 6.45) is 2.73. The third kappa shape index (κ3) is 2.99. The number of H-pyrrole nitrogens is 1. The minimum atomic E-state index is -0.404. The molecular formula is C23H20N4O3. The van der Waals surface area contributed by atoms with Crippen molar-refractivity contribution in [1.82, 2.24) is 19.4 Å². The fraction of sp³-hybridized carbons (Fsp3) is 0.217. The van der Waals surface area contributed by atoms with E-state index in [1.54, 1.807) is 35.4 Å². The van der Waals surface area contributed by atoms with Crippen LogP contribution in [0.2, 0.25) is 0 Å². The fourth-order valence-corrected chi connectivity index (χ4v) is 4.27. The Balaban J connectivity index is 1.41. The van der Waals surface area contributed by atoms with Gasteiger partial charge in [-0.25, -0.2) is 4.79 Å². The Morgan fingerprint density at radius 1 is 0.933 bits per heavy atom. The predicted octanol–water partition coefficient (Wildman–Crippen LogP) is 2.72. The molecule has 5 rings (SSSR count). The molecule has 0 spiro atoms. The number of aromatic amines is 1. The lowest BCUT2D eigenvalue weighted by atomic mass is 10.0. The Kier molecular flexibility index (Phi) is 4.43. The topological polar surface area (TPSA) is 88.1 Å². The molecule has 150 valence electrons. The minimum absolute atomic E-state index is 0.120. The third-order valence-corrected chi connectivity index (χ3v) is 5.83. The first-order valence-corrected chi connectivity index (χ1v) is 10.00. The second-order valence-corrected chi connectivity index (χ2v) is 7.55. The van der Waals surface area contributed by atoms with Gasteiger partial charge in [0.1, 0.15) is 5.69 Å². The number of likely N-dealkylation sites (tertiary alicyclic amines) is 1. The average Bonchev–Trinajstić information content (AvgIpc) is 2.79. The molecule has 2 aromatic carbocycles. The van der Waals surface area contributed by atoms with Crippen LogP contribution in [-0.4, -0.2) is 38.4 Å². The molecule has 0 atom stereocenters. The Morgan fingerprint density at radius 2 is 1.63 bits per heavy atom. The van der Waals surface area contributed by atoms with Gasteiger partial charge in [0, 0.05) is 30.7 Å². The molecule has 1 aliphatic heterocycles. The number of pyridine rings is 1. The lowest BCUT2D eigenvalue weighted by Crippen LogP contribution is -2.45. The van der Waals surface area contributed by atoms with Gasteiger partial charge >= 0.3 is 5.69 Å². The van der Waals surface area contributed by atoms with Crippen molar-refractivity contribution in [2.24, 2.45) is 0 Å². The standard InChI is InChI=1S/C23H20N4O3/c28-21-18-7-3-4-8-19(18)25-23(30)27(21)16-10-13-26(14-11-16)22(29)20-17-6-2-1-5-15(17)9-12-24-20/h1-9,12,16H,10-11,13-14H2,(H,25,30). The maximum atomic E-state index is 13.1. The average molecular weight is 400 g/mol. The van der Waals surface area contributed by atoms with Gasteiger partial charge in [0.25, 0.3) is 11.5 Å². The zero-order chi connectivity index (χ0) is 20.7. The summed E-state index contributed by atoms with van der Waals surface area (Å²) in [5.41, 5.74) is 0.291. The lowest BCUT2D eigenvalue weighted by Gasteiger charge is -2.32. The summed E-state index contributed by atoms with van der Waals surface area (Å²) in [6, 6.07) is 16.3. The van der Waals surface area contributed by atoms with E-state index in [1.807, 2.05) is 30.3 Å². The zero-order valence-electron chi connectivity index (χ0n) is 16.2. The van der Waals surface area contributed by atoms with E-state index < -0.39 is 5.69 Å². The van der Waals surface area contributed by atoms with Crippen molar-refractivity contribution in [2.45, 2.75) is 18.9 Å². The van der Waals surface area contributed by atoms with Crippen molar-refractivity contribution in [2.75, 3.05) is 13.1 Å². The molecule has 1 N–H and O–H groups in total. The highest BCUT2D eigenvalue weighted by atomic mass is 16.2. The van der Waals surface area contributed by atoms with Crippen molar-refractivity contribution < 1.29 is 4.79 Å². The first-order valence-electron chi connectivity index (χ1n) is 10.00. The summed E-state index contributed by atoms with van der Waals surface area (Å²) in [6.45, 7) is 0.931. The predicted molar refractivity (Wildman–Crippen MR) is 115 cm³/mol. The number of hydrogen-bond donors (Lipinski definition) is 1. The normalized spacial score (nSPS) is 15.0. The molecule has 30 heavy (non-hydrogen) atoms. The van der Waals surface area contributed by atoms with Crippen LogP contribution in [0.25, 0.3) is 21.7 Å². The molecule has 0 bridgehead atoms. The summed E-state index contributed by atoms with van der Waals surface area (Å²) >= 11 is 0. The molecule has 1 amide bonds. The first kappa shape index (κ1) is 18.3. The number of nitrogens with one attached hydrogen (secondary N) is 1. The highest BCUT2D eigenvalue weighted by molar-refractivity contribution is 6.05. The molecule has 1 saturated heterocycles. The number of amides is 1. The number of hydrogen-bond acceptors (Lipinski definition) is 4. The van der Waals surface area contributed by atoms with Crippen molar-refractivity contribution in [3.63, 3.8) is 0 Å². The van der Waals surface area contributed by atoms with Crippen LogP contribution in [-0.2, 0) is 0 Å². The van der Waals surface area contributed by atoms with Crippen LogP contribution in [0.1, 0.15) is 29.4 Å².